The summed E-state index contributed by atoms with van der Waals surface area (Å²) in [5.41, 5.74) is 11.7. The van der Waals surface area contributed by atoms with Crippen LogP contribution in [0.3, 0.4) is 0 Å². The summed E-state index contributed by atoms with van der Waals surface area (Å²) in [4.78, 5) is 2.48. The lowest BCUT2D eigenvalue weighted by atomic mass is 9.99. The van der Waals surface area contributed by atoms with Crippen molar-refractivity contribution in [1.29, 1.82) is 0 Å². The highest BCUT2D eigenvalue weighted by molar-refractivity contribution is 4.73. The fourth-order valence-electron chi connectivity index (χ4n) is 3.87. The molecule has 0 amide bonds. The summed E-state index contributed by atoms with van der Waals surface area (Å²) in [6.45, 7) is 6.31. The molecule has 0 aliphatic carbocycles. The molecule has 158 valence electrons. The molecule has 0 radical (unpaired) electrons. The maximum Gasteiger partial charge on any atom is 0.0107 e. The van der Waals surface area contributed by atoms with Gasteiger partial charge >= 0.3 is 0 Å². The van der Waals surface area contributed by atoms with Gasteiger partial charge in [-0.15, -0.1) is 0 Å². The zero-order valence-electron chi connectivity index (χ0n) is 18.5. The van der Waals surface area contributed by atoms with E-state index in [0.29, 0.717) is 12.1 Å². The molecule has 0 saturated heterocycles. The minimum absolute atomic E-state index is 0.294. The Morgan fingerprint density at radius 2 is 1.19 bits per heavy atom. The Kier molecular flexibility index (Phi) is 19.5. The van der Waals surface area contributed by atoms with Crippen LogP contribution >= 0.6 is 0 Å². The molecule has 26 heavy (non-hydrogen) atoms. The Hall–Kier alpha value is -0.120. The molecule has 0 spiro atoms. The molecule has 0 heterocycles. The quantitative estimate of drug-likeness (QED) is 0.264. The third-order valence-electron chi connectivity index (χ3n) is 5.62. The third kappa shape index (κ3) is 17.3. The Morgan fingerprint density at radius 3 is 1.62 bits per heavy atom. The van der Waals surface area contributed by atoms with E-state index in [1.54, 1.807) is 0 Å². The van der Waals surface area contributed by atoms with Crippen LogP contribution < -0.4 is 11.5 Å². The Balaban J connectivity index is 3.54. The van der Waals surface area contributed by atoms with Gasteiger partial charge in [0.05, 0.1) is 0 Å². The van der Waals surface area contributed by atoms with Gasteiger partial charge in [0.15, 0.2) is 0 Å². The molecule has 0 aromatic carbocycles. The fraction of sp³-hybridized carbons (Fsp3) is 1.00. The molecule has 2 unspecified atom stereocenters. The van der Waals surface area contributed by atoms with E-state index < -0.39 is 0 Å². The highest BCUT2D eigenvalue weighted by Gasteiger charge is 2.15. The van der Waals surface area contributed by atoms with Gasteiger partial charge in [-0.3, -0.25) is 0 Å². The van der Waals surface area contributed by atoms with Crippen LogP contribution in [0.5, 0.6) is 0 Å². The van der Waals surface area contributed by atoms with Crippen molar-refractivity contribution in [3.63, 3.8) is 0 Å². The van der Waals surface area contributed by atoms with Crippen LogP contribution in [-0.4, -0.2) is 37.1 Å². The fourth-order valence-corrected chi connectivity index (χ4v) is 3.87. The third-order valence-corrected chi connectivity index (χ3v) is 5.62. The second-order valence-electron chi connectivity index (χ2n) is 8.52. The van der Waals surface area contributed by atoms with E-state index in [4.69, 9.17) is 11.5 Å². The predicted octanol–water partition coefficient (Wildman–Crippen LogP) is 5.85. The molecule has 3 heteroatoms. The van der Waals surface area contributed by atoms with Gasteiger partial charge in [0, 0.05) is 12.1 Å². The van der Waals surface area contributed by atoms with Crippen molar-refractivity contribution >= 4 is 0 Å². The average molecular weight is 370 g/mol. The van der Waals surface area contributed by atoms with Gasteiger partial charge in [0.1, 0.15) is 0 Å². The van der Waals surface area contributed by atoms with E-state index in [1.807, 2.05) is 0 Å². The van der Waals surface area contributed by atoms with E-state index in [0.717, 1.165) is 25.9 Å². The van der Waals surface area contributed by atoms with Crippen molar-refractivity contribution < 1.29 is 0 Å². The van der Waals surface area contributed by atoms with Gasteiger partial charge in [-0.25, -0.2) is 0 Å². The average Bonchev–Trinajstić information content (AvgIpc) is 2.62. The van der Waals surface area contributed by atoms with Crippen molar-refractivity contribution in [3.8, 4) is 0 Å². The number of nitrogens with zero attached hydrogens (tertiary/aromatic N) is 1. The van der Waals surface area contributed by atoms with Crippen molar-refractivity contribution in [2.24, 2.45) is 11.5 Å². The topological polar surface area (TPSA) is 55.3 Å². The summed E-state index contributed by atoms with van der Waals surface area (Å²) < 4.78 is 0. The number of nitrogens with two attached hydrogens (primary N) is 2. The lowest BCUT2D eigenvalue weighted by Crippen LogP contribution is -2.37. The number of hydrogen-bond acceptors (Lipinski definition) is 3. The van der Waals surface area contributed by atoms with Crippen LogP contribution in [0, 0.1) is 0 Å². The predicted molar refractivity (Wildman–Crippen MR) is 119 cm³/mol. The van der Waals surface area contributed by atoms with E-state index in [2.05, 4.69) is 25.8 Å². The first-order valence-electron chi connectivity index (χ1n) is 11.8. The first kappa shape index (κ1) is 25.9. The molecule has 0 aliphatic heterocycles. The van der Waals surface area contributed by atoms with Gasteiger partial charge in [-0.1, -0.05) is 90.4 Å². The normalized spacial score (nSPS) is 14.1. The second-order valence-corrected chi connectivity index (χ2v) is 8.52. The zero-order valence-corrected chi connectivity index (χ0v) is 18.5. The van der Waals surface area contributed by atoms with Gasteiger partial charge < -0.3 is 16.4 Å². The smallest absolute Gasteiger partial charge is 0.0107 e. The zero-order chi connectivity index (χ0) is 19.5. The van der Waals surface area contributed by atoms with Gasteiger partial charge in [0.2, 0.25) is 0 Å². The molecule has 0 aliphatic rings. The van der Waals surface area contributed by atoms with Crippen LogP contribution in [-0.2, 0) is 0 Å². The van der Waals surface area contributed by atoms with Gasteiger partial charge in [-0.05, 0) is 46.3 Å². The molecule has 0 aromatic rings. The van der Waals surface area contributed by atoms with Crippen molar-refractivity contribution in [2.45, 2.75) is 129 Å². The van der Waals surface area contributed by atoms with Crippen molar-refractivity contribution in [3.05, 3.63) is 0 Å². The molecular formula is C23H51N3. The molecule has 0 aromatic heterocycles. The Morgan fingerprint density at radius 1 is 0.731 bits per heavy atom. The second kappa shape index (κ2) is 19.6. The van der Waals surface area contributed by atoms with Crippen LogP contribution in [0.1, 0.15) is 117 Å². The molecule has 3 nitrogen and oxygen atoms in total. The summed E-state index contributed by atoms with van der Waals surface area (Å²) in [5.74, 6) is 0. The maximum absolute atomic E-state index is 6.05. The summed E-state index contributed by atoms with van der Waals surface area (Å²) in [7, 11) is 2.24. The summed E-state index contributed by atoms with van der Waals surface area (Å²) in [6.07, 6.45) is 22.0. The first-order chi connectivity index (χ1) is 12.6. The van der Waals surface area contributed by atoms with Gasteiger partial charge in [0.25, 0.3) is 0 Å². The standard InChI is InChI=1S/C23H51N3/c1-4-5-6-7-8-9-10-11-12-13-14-15-16-18-23(21-22(2)25)26(3)20-17-19-24/h22-23H,4-21,24-25H2,1-3H3. The van der Waals surface area contributed by atoms with Crippen LogP contribution in [0.4, 0.5) is 0 Å². The molecular weight excluding hydrogens is 318 g/mol. The highest BCUT2D eigenvalue weighted by atomic mass is 15.1. The number of unbranched alkanes of at least 4 members (excludes halogenated alkanes) is 12. The number of rotatable bonds is 20. The van der Waals surface area contributed by atoms with E-state index in [9.17, 15) is 0 Å². The largest absolute Gasteiger partial charge is 0.330 e. The Bertz CT molecular complexity index is 268. The maximum atomic E-state index is 6.05. The van der Waals surface area contributed by atoms with Crippen molar-refractivity contribution in [2.75, 3.05) is 20.1 Å². The first-order valence-corrected chi connectivity index (χ1v) is 11.8. The SMILES string of the molecule is CCCCCCCCCCCCCCCC(CC(C)N)N(C)CCCN. The monoisotopic (exact) mass is 369 g/mol. The molecule has 0 rings (SSSR count). The summed E-state index contributed by atoms with van der Waals surface area (Å²) >= 11 is 0. The Labute approximate surface area is 165 Å². The van der Waals surface area contributed by atoms with Crippen LogP contribution in [0.2, 0.25) is 0 Å². The van der Waals surface area contributed by atoms with Crippen LogP contribution in [0.25, 0.3) is 0 Å². The highest BCUT2D eigenvalue weighted by Crippen LogP contribution is 2.16. The van der Waals surface area contributed by atoms with Gasteiger partial charge in [-0.2, -0.15) is 0 Å². The lowest BCUT2D eigenvalue weighted by molar-refractivity contribution is 0.205. The molecule has 0 fully saturated rings. The van der Waals surface area contributed by atoms with Crippen molar-refractivity contribution in [1.82, 2.24) is 4.90 Å². The van der Waals surface area contributed by atoms with Crippen LogP contribution in [0.15, 0.2) is 0 Å². The van der Waals surface area contributed by atoms with E-state index >= 15 is 0 Å². The van der Waals surface area contributed by atoms with E-state index in [1.165, 1.54) is 89.9 Å². The minimum atomic E-state index is 0.294. The lowest BCUT2D eigenvalue weighted by Gasteiger charge is -2.29. The summed E-state index contributed by atoms with van der Waals surface area (Å²) in [6, 6.07) is 0.927. The molecule has 2 atom stereocenters. The van der Waals surface area contributed by atoms with E-state index in [-0.39, 0.29) is 0 Å². The minimum Gasteiger partial charge on any atom is -0.330 e. The molecule has 4 N–H and O–H groups in total. The number of hydrogen-bond donors (Lipinski definition) is 2. The molecule has 0 saturated carbocycles. The summed E-state index contributed by atoms with van der Waals surface area (Å²) in [5, 5.41) is 0. The molecule has 0 bridgehead atoms.